The zero-order valence-electron chi connectivity index (χ0n) is 11.7. The van der Waals surface area contributed by atoms with Gasteiger partial charge in [-0.05, 0) is 17.7 Å². The fourth-order valence-electron chi connectivity index (χ4n) is 2.54. The van der Waals surface area contributed by atoms with Crippen molar-refractivity contribution in [2.24, 2.45) is 0 Å². The van der Waals surface area contributed by atoms with E-state index in [1.54, 1.807) is 0 Å². The summed E-state index contributed by atoms with van der Waals surface area (Å²) in [4.78, 5) is 2.27. The fourth-order valence-corrected chi connectivity index (χ4v) is 2.54. The van der Waals surface area contributed by atoms with Gasteiger partial charge in [0.1, 0.15) is 0 Å². The first-order valence-electron chi connectivity index (χ1n) is 7.04. The van der Waals surface area contributed by atoms with Crippen LogP contribution in [0.3, 0.4) is 0 Å². The third-order valence-electron chi connectivity index (χ3n) is 3.58. The van der Waals surface area contributed by atoms with E-state index in [4.69, 9.17) is 0 Å². The van der Waals surface area contributed by atoms with Crippen molar-refractivity contribution in [2.75, 3.05) is 18.0 Å². The van der Waals surface area contributed by atoms with Gasteiger partial charge in [0.25, 0.3) is 0 Å². The Hall–Kier alpha value is -2.79. The average molecular weight is 272 g/mol. The topological polar surface area (TPSA) is 27.0 Å². The monoisotopic (exact) mass is 272 g/mol. The second-order valence-electron chi connectivity index (χ2n) is 4.97. The third kappa shape index (κ3) is 2.88. The number of anilines is 1. The lowest BCUT2D eigenvalue weighted by Gasteiger charge is -2.21. The summed E-state index contributed by atoms with van der Waals surface area (Å²) in [6, 6.07) is 20.4. The number of nitrogens with zero attached hydrogens (tertiary/aromatic N) is 2. The van der Waals surface area contributed by atoms with Crippen molar-refractivity contribution in [2.45, 2.75) is 0 Å². The second-order valence-corrected chi connectivity index (χ2v) is 4.97. The van der Waals surface area contributed by atoms with Crippen LogP contribution in [0.25, 0.3) is 11.6 Å². The SMILES string of the molecule is N#CC(=Cc1ccccc1)c1ccccc1N1CC=CC1. The van der Waals surface area contributed by atoms with Gasteiger partial charge in [-0.25, -0.2) is 0 Å². The molecule has 1 heterocycles. The van der Waals surface area contributed by atoms with Gasteiger partial charge in [-0.3, -0.25) is 0 Å². The summed E-state index contributed by atoms with van der Waals surface area (Å²) in [5.74, 6) is 0. The van der Waals surface area contributed by atoms with E-state index >= 15 is 0 Å². The van der Waals surface area contributed by atoms with Crippen molar-refractivity contribution < 1.29 is 0 Å². The van der Waals surface area contributed by atoms with E-state index in [0.29, 0.717) is 5.57 Å². The zero-order valence-corrected chi connectivity index (χ0v) is 11.7. The minimum Gasteiger partial charge on any atom is -0.364 e. The number of hydrogen-bond acceptors (Lipinski definition) is 2. The van der Waals surface area contributed by atoms with Crippen LogP contribution < -0.4 is 4.90 Å². The van der Waals surface area contributed by atoms with Crippen LogP contribution in [0.5, 0.6) is 0 Å². The molecule has 0 radical (unpaired) electrons. The standard InChI is InChI=1S/C19H16N2/c20-15-17(14-16-8-2-1-3-9-16)18-10-4-5-11-19(18)21-12-6-7-13-21/h1-11,14H,12-13H2. The maximum atomic E-state index is 9.56. The number of nitriles is 1. The Morgan fingerprint density at radius 3 is 2.33 bits per heavy atom. The van der Waals surface area contributed by atoms with Crippen LogP contribution in [0.1, 0.15) is 11.1 Å². The van der Waals surface area contributed by atoms with E-state index in [1.807, 2.05) is 54.6 Å². The van der Waals surface area contributed by atoms with Gasteiger partial charge in [0.15, 0.2) is 0 Å². The number of hydrogen-bond donors (Lipinski definition) is 0. The summed E-state index contributed by atoms with van der Waals surface area (Å²) in [7, 11) is 0. The van der Waals surface area contributed by atoms with Gasteiger partial charge in [0.2, 0.25) is 0 Å². The van der Waals surface area contributed by atoms with Crippen LogP contribution in [-0.2, 0) is 0 Å². The number of allylic oxidation sites excluding steroid dienone is 1. The van der Waals surface area contributed by atoms with Crippen molar-refractivity contribution in [3.05, 3.63) is 77.9 Å². The first kappa shape index (κ1) is 13.2. The van der Waals surface area contributed by atoms with Gasteiger partial charge >= 0.3 is 0 Å². The Labute approximate surface area is 125 Å². The Kier molecular flexibility index (Phi) is 3.84. The molecule has 0 saturated carbocycles. The van der Waals surface area contributed by atoms with Gasteiger partial charge in [0.05, 0.1) is 11.6 Å². The Morgan fingerprint density at radius 2 is 1.62 bits per heavy atom. The van der Waals surface area contributed by atoms with Crippen molar-refractivity contribution in [3.63, 3.8) is 0 Å². The molecule has 0 unspecified atom stereocenters. The van der Waals surface area contributed by atoms with E-state index in [1.165, 1.54) is 0 Å². The van der Waals surface area contributed by atoms with E-state index < -0.39 is 0 Å². The maximum Gasteiger partial charge on any atom is 0.0998 e. The molecule has 2 heteroatoms. The van der Waals surface area contributed by atoms with Gasteiger partial charge in [0, 0.05) is 24.3 Å². The highest BCUT2D eigenvalue weighted by Crippen LogP contribution is 2.29. The van der Waals surface area contributed by atoms with E-state index in [0.717, 1.165) is 29.9 Å². The minimum atomic E-state index is 0.698. The first-order valence-corrected chi connectivity index (χ1v) is 7.04. The molecule has 21 heavy (non-hydrogen) atoms. The van der Waals surface area contributed by atoms with Crippen molar-refractivity contribution in [1.82, 2.24) is 0 Å². The summed E-state index contributed by atoms with van der Waals surface area (Å²) in [6.07, 6.45) is 6.26. The van der Waals surface area contributed by atoms with E-state index in [2.05, 4.69) is 29.2 Å². The molecule has 0 saturated heterocycles. The van der Waals surface area contributed by atoms with Crippen LogP contribution in [0.15, 0.2) is 66.7 Å². The summed E-state index contributed by atoms with van der Waals surface area (Å²) in [5, 5.41) is 9.56. The number of para-hydroxylation sites is 1. The van der Waals surface area contributed by atoms with E-state index in [-0.39, 0.29) is 0 Å². The highest BCUT2D eigenvalue weighted by molar-refractivity contribution is 5.94. The molecule has 1 aliphatic rings. The molecule has 2 aromatic rings. The van der Waals surface area contributed by atoms with Crippen LogP contribution >= 0.6 is 0 Å². The number of benzene rings is 2. The lowest BCUT2D eigenvalue weighted by molar-refractivity contribution is 1.00. The molecule has 0 atom stereocenters. The molecule has 0 fully saturated rings. The molecular weight excluding hydrogens is 256 g/mol. The predicted octanol–water partition coefficient (Wildman–Crippen LogP) is 4.13. The smallest absolute Gasteiger partial charge is 0.0998 e. The van der Waals surface area contributed by atoms with Crippen LogP contribution in [0.2, 0.25) is 0 Å². The van der Waals surface area contributed by atoms with Gasteiger partial charge < -0.3 is 4.90 Å². The predicted molar refractivity (Wildman–Crippen MR) is 87.7 cm³/mol. The summed E-state index contributed by atoms with van der Waals surface area (Å²) in [5.41, 5.74) is 3.85. The minimum absolute atomic E-state index is 0.698. The zero-order chi connectivity index (χ0) is 14.5. The first-order chi connectivity index (χ1) is 10.4. The second kappa shape index (κ2) is 6.11. The van der Waals surface area contributed by atoms with Crippen LogP contribution in [0, 0.1) is 11.3 Å². The highest BCUT2D eigenvalue weighted by Gasteiger charge is 2.14. The number of rotatable bonds is 3. The van der Waals surface area contributed by atoms with Crippen molar-refractivity contribution >= 4 is 17.3 Å². The molecule has 2 nitrogen and oxygen atoms in total. The van der Waals surface area contributed by atoms with Crippen LogP contribution in [0.4, 0.5) is 5.69 Å². The third-order valence-corrected chi connectivity index (χ3v) is 3.58. The van der Waals surface area contributed by atoms with Crippen LogP contribution in [-0.4, -0.2) is 13.1 Å². The molecule has 0 aromatic heterocycles. The summed E-state index contributed by atoms with van der Waals surface area (Å²) in [6.45, 7) is 1.81. The lowest BCUT2D eigenvalue weighted by Crippen LogP contribution is -2.19. The molecular formula is C19H16N2. The molecule has 0 amide bonds. The normalized spacial score (nSPS) is 14.2. The maximum absolute atomic E-state index is 9.56. The molecule has 0 bridgehead atoms. The molecule has 0 N–H and O–H groups in total. The quantitative estimate of drug-likeness (QED) is 0.477. The molecule has 0 spiro atoms. The van der Waals surface area contributed by atoms with Gasteiger partial charge in [-0.2, -0.15) is 5.26 Å². The van der Waals surface area contributed by atoms with Gasteiger partial charge in [-0.15, -0.1) is 0 Å². The Bertz CT molecular complexity index is 713. The van der Waals surface area contributed by atoms with Crippen molar-refractivity contribution in [3.8, 4) is 6.07 Å². The Morgan fingerprint density at radius 1 is 0.952 bits per heavy atom. The fraction of sp³-hybridized carbons (Fsp3) is 0.105. The molecule has 3 rings (SSSR count). The molecule has 102 valence electrons. The van der Waals surface area contributed by atoms with E-state index in [9.17, 15) is 5.26 Å². The van der Waals surface area contributed by atoms with Crippen molar-refractivity contribution in [1.29, 1.82) is 5.26 Å². The lowest BCUT2D eigenvalue weighted by atomic mass is 10.0. The highest BCUT2D eigenvalue weighted by atomic mass is 15.1. The molecule has 0 aliphatic carbocycles. The summed E-state index contributed by atoms with van der Waals surface area (Å²) < 4.78 is 0. The molecule has 2 aromatic carbocycles. The summed E-state index contributed by atoms with van der Waals surface area (Å²) >= 11 is 0. The largest absolute Gasteiger partial charge is 0.364 e. The molecule has 1 aliphatic heterocycles. The average Bonchev–Trinajstić information content (AvgIpc) is 3.08. The van der Waals surface area contributed by atoms with Gasteiger partial charge in [-0.1, -0.05) is 60.7 Å². The Balaban J connectivity index is 2.02.